The Hall–Kier alpha value is -2.10. The van der Waals surface area contributed by atoms with Gasteiger partial charge in [0, 0.05) is 17.1 Å². The fourth-order valence-electron chi connectivity index (χ4n) is 1.74. The fraction of sp³-hybridized carbons (Fsp3) is 0.167. The van der Waals surface area contributed by atoms with Gasteiger partial charge in [0.25, 0.3) is 0 Å². The number of aromatic amines is 1. The van der Waals surface area contributed by atoms with Gasteiger partial charge < -0.3 is 4.98 Å². The van der Waals surface area contributed by atoms with E-state index in [1.54, 1.807) is 6.08 Å². The summed E-state index contributed by atoms with van der Waals surface area (Å²) < 4.78 is 0. The number of allylic oxidation sites excluding steroid dienone is 1. The number of aromatic nitrogens is 1. The van der Waals surface area contributed by atoms with Crippen molar-refractivity contribution in [3.05, 3.63) is 58.4 Å². The zero-order valence-electron chi connectivity index (χ0n) is 8.72. The quantitative estimate of drug-likeness (QED) is 0.631. The van der Waals surface area contributed by atoms with Gasteiger partial charge in [-0.1, -0.05) is 18.2 Å². The number of nitrogens with zero attached hydrogens (tertiary/aromatic N) is 1. The number of rotatable bonds is 4. The number of benzene rings is 1. The van der Waals surface area contributed by atoms with Crippen LogP contribution in [0.3, 0.4) is 0 Å². The highest BCUT2D eigenvalue weighted by atomic mass is 16.6. The highest BCUT2D eigenvalue weighted by Gasteiger charge is 2.01. The Balaban J connectivity index is 2.07. The van der Waals surface area contributed by atoms with E-state index >= 15 is 0 Å². The van der Waals surface area contributed by atoms with Crippen molar-refractivity contribution in [3.8, 4) is 0 Å². The molecule has 0 fully saturated rings. The molecule has 82 valence electrons. The molecule has 0 atom stereocenters. The lowest BCUT2D eigenvalue weighted by molar-refractivity contribution is -0.402. The van der Waals surface area contributed by atoms with Crippen LogP contribution in [0.1, 0.15) is 12.0 Å². The third-order valence-corrected chi connectivity index (χ3v) is 2.48. The molecule has 4 nitrogen and oxygen atoms in total. The van der Waals surface area contributed by atoms with Crippen LogP contribution >= 0.6 is 0 Å². The molecule has 0 unspecified atom stereocenters. The number of H-pyrrole nitrogens is 1. The van der Waals surface area contributed by atoms with E-state index in [9.17, 15) is 10.1 Å². The van der Waals surface area contributed by atoms with Crippen molar-refractivity contribution in [2.75, 3.05) is 0 Å². The summed E-state index contributed by atoms with van der Waals surface area (Å²) in [6.45, 7) is 0. The van der Waals surface area contributed by atoms with Crippen molar-refractivity contribution in [2.45, 2.75) is 12.8 Å². The van der Waals surface area contributed by atoms with Gasteiger partial charge in [-0.15, -0.1) is 0 Å². The average molecular weight is 216 g/mol. The summed E-state index contributed by atoms with van der Waals surface area (Å²) in [4.78, 5) is 12.8. The molecule has 0 amide bonds. The van der Waals surface area contributed by atoms with Crippen molar-refractivity contribution < 1.29 is 4.92 Å². The number of aryl methyl sites for hydroxylation is 1. The second-order valence-corrected chi connectivity index (χ2v) is 3.57. The highest BCUT2D eigenvalue weighted by Crippen LogP contribution is 2.18. The predicted octanol–water partition coefficient (Wildman–Crippen LogP) is 2.89. The van der Waals surface area contributed by atoms with Crippen LogP contribution in [0.5, 0.6) is 0 Å². The van der Waals surface area contributed by atoms with Crippen LogP contribution in [0.15, 0.2) is 42.7 Å². The minimum absolute atomic E-state index is 0.435. The number of hydrogen-bond donors (Lipinski definition) is 1. The Bertz CT molecular complexity index is 529. The van der Waals surface area contributed by atoms with Crippen LogP contribution in [-0.4, -0.2) is 9.91 Å². The standard InChI is InChI=1S/C12H12N2O2/c15-14(16)8-4-3-5-10-9-13-12-7-2-1-6-11(10)12/h1-2,4,6-9,13H,3,5H2/b8-4+. The van der Waals surface area contributed by atoms with Crippen molar-refractivity contribution in [1.29, 1.82) is 0 Å². The number of para-hydroxylation sites is 1. The third-order valence-electron chi connectivity index (χ3n) is 2.48. The topological polar surface area (TPSA) is 58.9 Å². The summed E-state index contributed by atoms with van der Waals surface area (Å²) >= 11 is 0. The Labute approximate surface area is 92.7 Å². The zero-order chi connectivity index (χ0) is 11.4. The molecule has 0 aliphatic rings. The maximum Gasteiger partial charge on any atom is 0.230 e. The molecule has 1 aromatic heterocycles. The molecule has 2 rings (SSSR count). The van der Waals surface area contributed by atoms with Crippen LogP contribution in [0.25, 0.3) is 10.9 Å². The Morgan fingerprint density at radius 3 is 3.00 bits per heavy atom. The predicted molar refractivity (Wildman–Crippen MR) is 62.8 cm³/mol. The van der Waals surface area contributed by atoms with E-state index in [1.165, 1.54) is 10.9 Å². The molecule has 1 aromatic carbocycles. The van der Waals surface area contributed by atoms with Crippen LogP contribution in [0.2, 0.25) is 0 Å². The van der Waals surface area contributed by atoms with E-state index in [-0.39, 0.29) is 0 Å². The van der Waals surface area contributed by atoms with Gasteiger partial charge in [0.15, 0.2) is 0 Å². The Kier molecular flexibility index (Phi) is 3.00. The summed E-state index contributed by atoms with van der Waals surface area (Å²) in [6, 6.07) is 8.05. The van der Waals surface area contributed by atoms with Gasteiger partial charge in [-0.25, -0.2) is 0 Å². The number of hydrogen-bond acceptors (Lipinski definition) is 2. The molecule has 0 saturated carbocycles. The van der Waals surface area contributed by atoms with Crippen LogP contribution in [0, 0.1) is 10.1 Å². The molecule has 0 bridgehead atoms. The average Bonchev–Trinajstić information content (AvgIpc) is 2.68. The van der Waals surface area contributed by atoms with Crippen molar-refractivity contribution in [2.24, 2.45) is 0 Å². The first-order valence-corrected chi connectivity index (χ1v) is 5.12. The second-order valence-electron chi connectivity index (χ2n) is 3.57. The minimum Gasteiger partial charge on any atom is -0.361 e. The molecule has 2 aromatic rings. The van der Waals surface area contributed by atoms with Crippen molar-refractivity contribution >= 4 is 10.9 Å². The van der Waals surface area contributed by atoms with Gasteiger partial charge in [-0.2, -0.15) is 0 Å². The lowest BCUT2D eigenvalue weighted by Crippen LogP contribution is -1.84. The summed E-state index contributed by atoms with van der Waals surface area (Å²) in [5, 5.41) is 11.3. The van der Waals surface area contributed by atoms with E-state index in [4.69, 9.17) is 0 Å². The van der Waals surface area contributed by atoms with Gasteiger partial charge in [0.2, 0.25) is 6.20 Å². The van der Waals surface area contributed by atoms with Crippen LogP contribution in [0.4, 0.5) is 0 Å². The van der Waals surface area contributed by atoms with Gasteiger partial charge in [-0.05, 0) is 30.5 Å². The Morgan fingerprint density at radius 2 is 2.19 bits per heavy atom. The van der Waals surface area contributed by atoms with Gasteiger partial charge in [0.1, 0.15) is 0 Å². The third kappa shape index (κ3) is 2.28. The number of nitrogens with one attached hydrogen (secondary N) is 1. The first-order valence-electron chi connectivity index (χ1n) is 5.12. The molecule has 0 saturated heterocycles. The van der Waals surface area contributed by atoms with Crippen LogP contribution in [-0.2, 0) is 6.42 Å². The molecular weight excluding hydrogens is 204 g/mol. The summed E-state index contributed by atoms with van der Waals surface area (Å²) in [6.07, 6.45) is 6.04. The monoisotopic (exact) mass is 216 g/mol. The van der Waals surface area contributed by atoms with Gasteiger partial charge in [0.05, 0.1) is 4.92 Å². The molecule has 0 aliphatic heterocycles. The van der Waals surface area contributed by atoms with Crippen LogP contribution < -0.4 is 0 Å². The van der Waals surface area contributed by atoms with E-state index in [1.807, 2.05) is 24.4 Å². The van der Waals surface area contributed by atoms with E-state index in [0.717, 1.165) is 18.1 Å². The highest BCUT2D eigenvalue weighted by molar-refractivity contribution is 5.82. The lowest BCUT2D eigenvalue weighted by atomic mass is 10.1. The van der Waals surface area contributed by atoms with Gasteiger partial charge >= 0.3 is 0 Å². The fourth-order valence-corrected chi connectivity index (χ4v) is 1.74. The second kappa shape index (κ2) is 4.61. The largest absolute Gasteiger partial charge is 0.361 e. The van der Waals surface area contributed by atoms with E-state index in [2.05, 4.69) is 11.1 Å². The maximum absolute atomic E-state index is 10.1. The molecule has 0 aliphatic carbocycles. The normalized spacial score (nSPS) is 11.2. The molecule has 16 heavy (non-hydrogen) atoms. The molecule has 0 spiro atoms. The van der Waals surface area contributed by atoms with E-state index < -0.39 is 4.92 Å². The Morgan fingerprint density at radius 1 is 1.38 bits per heavy atom. The first-order chi connectivity index (χ1) is 7.77. The maximum atomic E-state index is 10.1. The number of nitro groups is 1. The summed E-state index contributed by atoms with van der Waals surface area (Å²) in [5.41, 5.74) is 2.30. The van der Waals surface area contributed by atoms with Crippen molar-refractivity contribution in [1.82, 2.24) is 4.98 Å². The SMILES string of the molecule is O=[N+]([O-])/C=C/CCc1c[nH]c2ccccc12. The summed E-state index contributed by atoms with van der Waals surface area (Å²) in [7, 11) is 0. The molecule has 0 radical (unpaired) electrons. The molecule has 4 heteroatoms. The summed E-state index contributed by atoms with van der Waals surface area (Å²) in [5.74, 6) is 0. The molecule has 1 N–H and O–H groups in total. The first kappa shape index (κ1) is 10.4. The molecular formula is C12H12N2O2. The minimum atomic E-state index is -0.435. The van der Waals surface area contributed by atoms with Gasteiger partial charge in [-0.3, -0.25) is 10.1 Å². The molecule has 1 heterocycles. The smallest absolute Gasteiger partial charge is 0.230 e. The van der Waals surface area contributed by atoms with E-state index in [0.29, 0.717) is 6.42 Å². The number of fused-ring (bicyclic) bond motifs is 1. The van der Waals surface area contributed by atoms with Crippen molar-refractivity contribution in [3.63, 3.8) is 0 Å². The lowest BCUT2D eigenvalue weighted by Gasteiger charge is -1.94. The zero-order valence-corrected chi connectivity index (χ0v) is 8.72.